The molecule has 0 radical (unpaired) electrons. The highest BCUT2D eigenvalue weighted by molar-refractivity contribution is 5.77. The lowest BCUT2D eigenvalue weighted by molar-refractivity contribution is -0.130. The van der Waals surface area contributed by atoms with Crippen molar-refractivity contribution in [2.24, 2.45) is 0 Å². The van der Waals surface area contributed by atoms with E-state index < -0.39 is 0 Å². The third kappa shape index (κ3) is 3.02. The molecule has 1 amide bonds. The van der Waals surface area contributed by atoms with Crippen LogP contribution in [-0.2, 0) is 11.3 Å². The fourth-order valence-corrected chi connectivity index (χ4v) is 3.21. The predicted molar refractivity (Wildman–Crippen MR) is 90.9 cm³/mol. The molecule has 1 unspecified atom stereocenters. The molecule has 128 valence electrons. The maximum atomic E-state index is 12.4. The average molecular weight is 338 g/mol. The molecule has 4 rings (SSSR count). The highest BCUT2D eigenvalue weighted by atomic mass is 16.2. The zero-order valence-electron chi connectivity index (χ0n) is 13.7. The van der Waals surface area contributed by atoms with Gasteiger partial charge in [-0.1, -0.05) is 12.1 Å². The first-order valence-corrected chi connectivity index (χ1v) is 8.30. The van der Waals surface area contributed by atoms with E-state index in [1.807, 2.05) is 17.0 Å². The molecule has 0 bridgehead atoms. The largest absolute Gasteiger partial charge is 0.340 e. The summed E-state index contributed by atoms with van der Waals surface area (Å²) < 4.78 is 1.50. The van der Waals surface area contributed by atoms with Crippen molar-refractivity contribution in [2.75, 3.05) is 13.1 Å². The molecule has 8 nitrogen and oxygen atoms in total. The Morgan fingerprint density at radius 3 is 2.84 bits per heavy atom. The van der Waals surface area contributed by atoms with E-state index in [1.54, 1.807) is 29.3 Å². The van der Waals surface area contributed by atoms with Gasteiger partial charge in [0.2, 0.25) is 5.91 Å². The van der Waals surface area contributed by atoms with Crippen molar-refractivity contribution in [2.45, 2.75) is 25.4 Å². The van der Waals surface area contributed by atoms with E-state index in [0.717, 1.165) is 6.42 Å². The first-order valence-electron chi connectivity index (χ1n) is 8.30. The van der Waals surface area contributed by atoms with Crippen LogP contribution in [0.3, 0.4) is 0 Å². The molecule has 0 saturated carbocycles. The monoisotopic (exact) mass is 338 g/mol. The zero-order chi connectivity index (χ0) is 17.2. The van der Waals surface area contributed by atoms with Crippen LogP contribution in [0.2, 0.25) is 0 Å². The van der Waals surface area contributed by atoms with Crippen LogP contribution >= 0.6 is 0 Å². The highest BCUT2D eigenvalue weighted by Gasteiger charge is 2.28. The van der Waals surface area contributed by atoms with Crippen LogP contribution in [0.25, 0.3) is 10.9 Å². The lowest BCUT2D eigenvalue weighted by atomic mass is 10.2. The summed E-state index contributed by atoms with van der Waals surface area (Å²) in [5.74, 6) is 0.0368. The van der Waals surface area contributed by atoms with Gasteiger partial charge in [0.05, 0.1) is 35.7 Å². The molecule has 1 aliphatic heterocycles. The molecule has 0 N–H and O–H groups in total. The SMILES string of the molecule is O=C(CCn1cnc2ccccc2c1=O)N1CCC(n2nccn2)C1. The molecule has 25 heavy (non-hydrogen) atoms. The molecule has 3 aromatic rings. The number of carbonyl (C=O) groups excluding carboxylic acids is 1. The van der Waals surface area contributed by atoms with Gasteiger partial charge in [-0.3, -0.25) is 14.2 Å². The first kappa shape index (κ1) is 15.5. The molecule has 1 aliphatic rings. The Hall–Kier alpha value is -3.03. The Kier molecular flexibility index (Phi) is 4.01. The Morgan fingerprint density at radius 2 is 2.00 bits per heavy atom. The van der Waals surface area contributed by atoms with Crippen molar-refractivity contribution in [3.8, 4) is 0 Å². The summed E-state index contributed by atoms with van der Waals surface area (Å²) in [5.41, 5.74) is 0.558. The lowest BCUT2D eigenvalue weighted by Crippen LogP contribution is -2.31. The van der Waals surface area contributed by atoms with Crippen LogP contribution in [0, 0.1) is 0 Å². The van der Waals surface area contributed by atoms with Crippen LogP contribution in [-0.4, -0.2) is 48.4 Å². The van der Waals surface area contributed by atoms with Crippen LogP contribution in [0.5, 0.6) is 0 Å². The van der Waals surface area contributed by atoms with E-state index >= 15 is 0 Å². The first-order chi connectivity index (χ1) is 12.2. The van der Waals surface area contributed by atoms with Gasteiger partial charge in [0.15, 0.2) is 0 Å². The fourth-order valence-electron chi connectivity index (χ4n) is 3.21. The number of para-hydroxylation sites is 1. The van der Waals surface area contributed by atoms with E-state index in [-0.39, 0.29) is 23.9 Å². The van der Waals surface area contributed by atoms with Gasteiger partial charge in [0.25, 0.3) is 5.56 Å². The van der Waals surface area contributed by atoms with Crippen molar-refractivity contribution >= 4 is 16.8 Å². The fraction of sp³-hybridized carbons (Fsp3) is 0.353. The summed E-state index contributed by atoms with van der Waals surface area (Å²) in [7, 11) is 0. The maximum absolute atomic E-state index is 12.4. The van der Waals surface area contributed by atoms with Crippen LogP contribution in [0.4, 0.5) is 0 Å². The Morgan fingerprint density at radius 1 is 1.20 bits per heavy atom. The normalized spacial score (nSPS) is 17.3. The number of rotatable bonds is 4. The molecule has 1 fully saturated rings. The van der Waals surface area contributed by atoms with E-state index in [0.29, 0.717) is 30.5 Å². The molecular weight excluding hydrogens is 320 g/mol. The lowest BCUT2D eigenvalue weighted by Gasteiger charge is -2.16. The predicted octanol–water partition coefficient (Wildman–Crippen LogP) is 0.852. The maximum Gasteiger partial charge on any atom is 0.261 e. The van der Waals surface area contributed by atoms with E-state index in [1.165, 1.54) is 10.9 Å². The van der Waals surface area contributed by atoms with Gasteiger partial charge in [-0.15, -0.1) is 0 Å². The van der Waals surface area contributed by atoms with Crippen molar-refractivity contribution in [3.63, 3.8) is 0 Å². The molecule has 1 aromatic carbocycles. The summed E-state index contributed by atoms with van der Waals surface area (Å²) in [6.07, 6.45) is 5.92. The Balaban J connectivity index is 1.41. The third-order valence-corrected chi connectivity index (χ3v) is 4.58. The van der Waals surface area contributed by atoms with Gasteiger partial charge >= 0.3 is 0 Å². The van der Waals surface area contributed by atoms with Gasteiger partial charge in [0.1, 0.15) is 0 Å². The summed E-state index contributed by atoms with van der Waals surface area (Å²) >= 11 is 0. The highest BCUT2D eigenvalue weighted by Crippen LogP contribution is 2.20. The van der Waals surface area contributed by atoms with Gasteiger partial charge < -0.3 is 4.90 Å². The van der Waals surface area contributed by atoms with Crippen molar-refractivity contribution in [3.05, 3.63) is 53.3 Å². The van der Waals surface area contributed by atoms with Crippen LogP contribution in [0.1, 0.15) is 18.9 Å². The van der Waals surface area contributed by atoms with Crippen LogP contribution < -0.4 is 5.56 Å². The number of aromatic nitrogens is 5. The van der Waals surface area contributed by atoms with Crippen molar-refractivity contribution in [1.29, 1.82) is 0 Å². The standard InChI is InChI=1S/C17H18N6O2/c24-16(21-9-5-13(11-21)23-19-7-8-20-23)6-10-22-12-18-15-4-2-1-3-14(15)17(22)25/h1-4,7-8,12-13H,5-6,9-11H2. The number of nitrogens with zero attached hydrogens (tertiary/aromatic N) is 6. The molecule has 1 saturated heterocycles. The third-order valence-electron chi connectivity index (χ3n) is 4.58. The van der Waals surface area contributed by atoms with Crippen molar-refractivity contribution < 1.29 is 4.79 Å². The number of likely N-dealkylation sites (tertiary alicyclic amines) is 1. The summed E-state index contributed by atoms with van der Waals surface area (Å²) in [5, 5.41) is 8.85. The number of amides is 1. The molecule has 0 aliphatic carbocycles. The average Bonchev–Trinajstić information content (AvgIpc) is 3.32. The van der Waals surface area contributed by atoms with E-state index in [4.69, 9.17) is 0 Å². The van der Waals surface area contributed by atoms with Gasteiger partial charge in [-0.05, 0) is 18.6 Å². The van der Waals surface area contributed by atoms with Crippen LogP contribution in [0.15, 0.2) is 47.8 Å². The van der Waals surface area contributed by atoms with E-state index in [2.05, 4.69) is 15.2 Å². The minimum absolute atomic E-state index is 0.0368. The molecule has 3 heterocycles. The number of hydrogen-bond donors (Lipinski definition) is 0. The number of hydrogen-bond acceptors (Lipinski definition) is 5. The topological polar surface area (TPSA) is 85.9 Å². The van der Waals surface area contributed by atoms with Crippen molar-refractivity contribution in [1.82, 2.24) is 29.4 Å². The second kappa shape index (κ2) is 6.46. The number of carbonyl (C=O) groups is 1. The smallest absolute Gasteiger partial charge is 0.261 e. The Bertz CT molecular complexity index is 949. The van der Waals surface area contributed by atoms with Gasteiger partial charge in [-0.2, -0.15) is 15.0 Å². The Labute approximate surface area is 143 Å². The molecule has 2 aromatic heterocycles. The minimum atomic E-state index is -0.113. The quantitative estimate of drug-likeness (QED) is 0.704. The number of aryl methyl sites for hydroxylation is 1. The molecule has 8 heteroatoms. The summed E-state index contributed by atoms with van der Waals surface area (Å²) in [6.45, 7) is 1.63. The molecular formula is C17H18N6O2. The summed E-state index contributed by atoms with van der Waals surface area (Å²) in [6, 6.07) is 7.35. The number of fused-ring (bicyclic) bond motifs is 1. The molecule has 1 atom stereocenters. The van der Waals surface area contributed by atoms with E-state index in [9.17, 15) is 9.59 Å². The second-order valence-electron chi connectivity index (χ2n) is 6.14. The second-order valence-corrected chi connectivity index (χ2v) is 6.14. The molecule has 0 spiro atoms. The summed E-state index contributed by atoms with van der Waals surface area (Å²) in [4.78, 5) is 32.6. The zero-order valence-corrected chi connectivity index (χ0v) is 13.7. The van der Waals surface area contributed by atoms with Gasteiger partial charge in [0, 0.05) is 26.1 Å². The minimum Gasteiger partial charge on any atom is -0.340 e. The number of benzene rings is 1. The van der Waals surface area contributed by atoms with Gasteiger partial charge in [-0.25, -0.2) is 4.98 Å².